The number of aryl methyl sites for hydroxylation is 1. The van der Waals surface area contributed by atoms with Crippen LogP contribution in [0.1, 0.15) is 51.5 Å². The van der Waals surface area contributed by atoms with E-state index >= 15 is 0 Å². The van der Waals surface area contributed by atoms with Gasteiger partial charge in [-0.3, -0.25) is 9.69 Å². The second-order valence-corrected chi connectivity index (χ2v) is 8.69. The zero-order valence-corrected chi connectivity index (χ0v) is 16.6. The minimum Gasteiger partial charge on any atom is -0.478 e. The van der Waals surface area contributed by atoms with E-state index in [9.17, 15) is 19.5 Å². The second kappa shape index (κ2) is 7.96. The fourth-order valence-corrected chi connectivity index (χ4v) is 5.81. The molecule has 2 aliphatic heterocycles. The summed E-state index contributed by atoms with van der Waals surface area (Å²) in [6.07, 6.45) is 3.95. The number of amides is 1. The lowest BCUT2D eigenvalue weighted by atomic mass is 9.81. The van der Waals surface area contributed by atoms with E-state index in [1.54, 1.807) is 0 Å². The summed E-state index contributed by atoms with van der Waals surface area (Å²) in [5.74, 6) is -3.86. The van der Waals surface area contributed by atoms with Crippen LogP contribution in [0.4, 0.5) is 5.00 Å². The molecule has 0 spiro atoms. The Hall–Kier alpha value is -2.71. The quantitative estimate of drug-likeness (QED) is 0.649. The van der Waals surface area contributed by atoms with Gasteiger partial charge in [-0.15, -0.1) is 11.3 Å². The Morgan fingerprint density at radius 2 is 1.90 bits per heavy atom. The number of hydrogen-bond donors (Lipinski definition) is 3. The summed E-state index contributed by atoms with van der Waals surface area (Å²) in [5.41, 5.74) is 2.16. The molecule has 3 heterocycles. The Kier molecular flexibility index (Phi) is 5.38. The summed E-state index contributed by atoms with van der Waals surface area (Å²) in [6, 6.07) is 10.8. The highest BCUT2D eigenvalue weighted by Crippen LogP contribution is 2.46. The molecule has 2 bridgehead atoms. The number of anilines is 1. The van der Waals surface area contributed by atoms with E-state index in [1.165, 1.54) is 16.9 Å². The Morgan fingerprint density at radius 1 is 1.14 bits per heavy atom. The highest BCUT2D eigenvalue weighted by atomic mass is 32.1. The minimum absolute atomic E-state index is 0.0620. The number of piperidine rings is 1. The number of aromatic carboxylic acids is 1. The number of carbonyl (C=O) groups is 3. The number of carboxylic acid groups (broad SMARTS) is 2. The number of carboxylic acids is 2. The van der Waals surface area contributed by atoms with E-state index in [2.05, 4.69) is 22.3 Å². The molecule has 4 rings (SSSR count). The van der Waals surface area contributed by atoms with Crippen molar-refractivity contribution in [3.8, 4) is 0 Å². The van der Waals surface area contributed by atoms with Gasteiger partial charge in [0.15, 0.2) is 0 Å². The van der Waals surface area contributed by atoms with E-state index < -0.39 is 17.8 Å². The summed E-state index contributed by atoms with van der Waals surface area (Å²) < 4.78 is 0. The number of benzene rings is 1. The molecule has 1 aromatic heterocycles. The number of hydrogen-bond acceptors (Lipinski definition) is 5. The zero-order chi connectivity index (χ0) is 20.5. The minimum atomic E-state index is -1.63. The first-order valence-electron chi connectivity index (χ1n) is 9.65. The van der Waals surface area contributed by atoms with Crippen LogP contribution in [0.5, 0.6) is 0 Å². The molecule has 1 amide bonds. The summed E-state index contributed by atoms with van der Waals surface area (Å²) in [7, 11) is 0. The molecule has 1 aromatic carbocycles. The third kappa shape index (κ3) is 3.90. The van der Waals surface area contributed by atoms with E-state index in [1.807, 2.05) is 18.2 Å². The normalized spacial score (nSPS) is 22.6. The predicted molar refractivity (Wildman–Crippen MR) is 108 cm³/mol. The molecule has 152 valence electrons. The van der Waals surface area contributed by atoms with Crippen LogP contribution in [0.2, 0.25) is 0 Å². The first-order valence-corrected chi connectivity index (χ1v) is 10.5. The van der Waals surface area contributed by atoms with Gasteiger partial charge in [0.1, 0.15) is 5.00 Å². The van der Waals surface area contributed by atoms with E-state index in [4.69, 9.17) is 5.11 Å². The number of aliphatic carboxylic acids is 1. The van der Waals surface area contributed by atoms with Gasteiger partial charge in [-0.2, -0.15) is 0 Å². The van der Waals surface area contributed by atoms with Gasteiger partial charge in [0.05, 0.1) is 5.56 Å². The van der Waals surface area contributed by atoms with Crippen molar-refractivity contribution in [3.63, 3.8) is 0 Å². The predicted octanol–water partition coefficient (Wildman–Crippen LogP) is 3.16. The van der Waals surface area contributed by atoms with Crippen molar-refractivity contribution >= 4 is 34.2 Å². The van der Waals surface area contributed by atoms with Gasteiger partial charge in [0, 0.05) is 24.0 Å². The van der Waals surface area contributed by atoms with Gasteiger partial charge in [-0.25, -0.2) is 9.59 Å². The first kappa shape index (κ1) is 19.6. The first-order chi connectivity index (χ1) is 13.9. The molecular weight excluding hydrogens is 392 g/mol. The van der Waals surface area contributed by atoms with Crippen molar-refractivity contribution in [1.29, 1.82) is 0 Å². The topological polar surface area (TPSA) is 107 Å². The molecule has 3 N–H and O–H groups in total. The number of nitrogens with one attached hydrogen (secondary N) is 1. The van der Waals surface area contributed by atoms with Crippen molar-refractivity contribution < 1.29 is 24.6 Å². The van der Waals surface area contributed by atoms with Crippen molar-refractivity contribution in [2.75, 3.05) is 11.9 Å². The smallest absolute Gasteiger partial charge is 0.394 e. The lowest BCUT2D eigenvalue weighted by Gasteiger charge is -2.43. The number of carbonyl (C=O) groups excluding carboxylic acids is 1. The van der Waals surface area contributed by atoms with Crippen LogP contribution in [0.3, 0.4) is 0 Å². The van der Waals surface area contributed by atoms with Crippen LogP contribution < -0.4 is 5.32 Å². The van der Waals surface area contributed by atoms with Gasteiger partial charge in [0.25, 0.3) is 0 Å². The number of nitrogens with zero attached hydrogens (tertiary/aromatic N) is 1. The molecule has 0 saturated carbocycles. The summed E-state index contributed by atoms with van der Waals surface area (Å²) >= 11 is 1.19. The van der Waals surface area contributed by atoms with Gasteiger partial charge < -0.3 is 15.5 Å². The van der Waals surface area contributed by atoms with Gasteiger partial charge in [-0.05, 0) is 42.7 Å². The van der Waals surface area contributed by atoms with Crippen LogP contribution >= 0.6 is 11.3 Å². The Morgan fingerprint density at radius 3 is 2.59 bits per heavy atom. The average molecular weight is 414 g/mol. The Bertz CT molecular complexity index is 955. The summed E-state index contributed by atoms with van der Waals surface area (Å²) in [6.45, 7) is 1.44. The maximum atomic E-state index is 11.9. The highest BCUT2D eigenvalue weighted by molar-refractivity contribution is 7.17. The van der Waals surface area contributed by atoms with Crippen LogP contribution in [-0.2, 0) is 22.6 Å². The fraction of sp³-hybridized carbons (Fsp3) is 0.381. The lowest BCUT2D eigenvalue weighted by molar-refractivity contribution is -0.147. The number of rotatable bonds is 5. The van der Waals surface area contributed by atoms with Crippen molar-refractivity contribution in [3.05, 3.63) is 51.9 Å². The molecule has 7 nitrogen and oxygen atoms in total. The molecule has 1 fully saturated rings. The average Bonchev–Trinajstić information content (AvgIpc) is 3.06. The molecule has 1 saturated heterocycles. The third-order valence-corrected chi connectivity index (χ3v) is 6.95. The molecule has 8 heteroatoms. The second-order valence-electron chi connectivity index (χ2n) is 7.59. The fourth-order valence-electron chi connectivity index (χ4n) is 4.52. The molecule has 2 aromatic rings. The SMILES string of the molecule is O=C(O)C(=O)Nc1sc2c(c1C(=O)O)C1CCC(CCc3ccccc3)N(C2)C1. The van der Waals surface area contributed by atoms with Crippen LogP contribution in [0, 0.1) is 0 Å². The number of thiophene rings is 1. The molecule has 3 unspecified atom stereocenters. The molecule has 2 aliphatic rings. The van der Waals surface area contributed by atoms with Crippen LogP contribution in [0.25, 0.3) is 0 Å². The zero-order valence-electron chi connectivity index (χ0n) is 15.8. The standard InChI is InChI=1S/C21H22N2O5S/c24-18(21(27)28)22-19-17(20(25)26)16-13-7-9-14(23(10-13)11-15(16)29-19)8-6-12-4-2-1-3-5-12/h1-5,13-14H,6-11H2,(H,22,24)(H,25,26)(H,27,28). The largest absolute Gasteiger partial charge is 0.478 e. The van der Waals surface area contributed by atoms with Crippen LogP contribution in [0.15, 0.2) is 30.3 Å². The lowest BCUT2D eigenvalue weighted by Crippen LogP contribution is -2.45. The van der Waals surface area contributed by atoms with E-state index in [0.717, 1.165) is 42.7 Å². The van der Waals surface area contributed by atoms with Gasteiger partial charge in [-0.1, -0.05) is 30.3 Å². The maximum Gasteiger partial charge on any atom is 0.394 e. The van der Waals surface area contributed by atoms with Crippen molar-refractivity contribution in [2.45, 2.75) is 44.2 Å². The van der Waals surface area contributed by atoms with Crippen molar-refractivity contribution in [1.82, 2.24) is 4.90 Å². The molecule has 0 radical (unpaired) electrons. The highest BCUT2D eigenvalue weighted by Gasteiger charge is 2.39. The molecule has 29 heavy (non-hydrogen) atoms. The molecule has 3 atom stereocenters. The van der Waals surface area contributed by atoms with E-state index in [0.29, 0.717) is 12.6 Å². The van der Waals surface area contributed by atoms with Crippen LogP contribution in [-0.4, -0.2) is 45.5 Å². The Balaban J connectivity index is 1.55. The monoisotopic (exact) mass is 414 g/mol. The van der Waals surface area contributed by atoms with E-state index in [-0.39, 0.29) is 16.5 Å². The summed E-state index contributed by atoms with van der Waals surface area (Å²) in [5, 5.41) is 21.0. The Labute approximate surface area is 172 Å². The van der Waals surface area contributed by atoms with Gasteiger partial charge in [0.2, 0.25) is 0 Å². The molecule has 0 aliphatic carbocycles. The van der Waals surface area contributed by atoms with Gasteiger partial charge >= 0.3 is 17.8 Å². The maximum absolute atomic E-state index is 11.9. The third-order valence-electron chi connectivity index (χ3n) is 5.84. The van der Waals surface area contributed by atoms with Crippen molar-refractivity contribution in [2.24, 2.45) is 0 Å². The summed E-state index contributed by atoms with van der Waals surface area (Å²) in [4.78, 5) is 37.7. The number of fused-ring (bicyclic) bond motifs is 4. The molecular formula is C21H22N2O5S.